The Labute approximate surface area is 178 Å². The van der Waals surface area contributed by atoms with Crippen molar-refractivity contribution in [2.75, 3.05) is 19.0 Å². The Hall–Kier alpha value is -3.33. The first kappa shape index (κ1) is 21.4. The Morgan fingerprint density at radius 2 is 1.93 bits per heavy atom. The number of methoxy groups -OCH3 is 1. The number of benzene rings is 1. The zero-order chi connectivity index (χ0) is 21.3. The Morgan fingerprint density at radius 3 is 2.60 bits per heavy atom. The van der Waals surface area contributed by atoms with Crippen LogP contribution in [0.4, 0.5) is 5.69 Å². The van der Waals surface area contributed by atoms with Crippen LogP contribution in [0.25, 0.3) is 0 Å². The summed E-state index contributed by atoms with van der Waals surface area (Å²) in [7, 11) is 1.42. The lowest BCUT2D eigenvalue weighted by Crippen LogP contribution is -2.22. The lowest BCUT2D eigenvalue weighted by molar-refractivity contribution is -0.116. The molecule has 1 amide bonds. The molecule has 0 atom stereocenters. The van der Waals surface area contributed by atoms with Gasteiger partial charge in [0, 0.05) is 35.6 Å². The number of nitrogens with one attached hydrogen (secondary N) is 1. The number of pyridine rings is 1. The highest BCUT2D eigenvalue weighted by Crippen LogP contribution is 2.20. The summed E-state index contributed by atoms with van der Waals surface area (Å²) in [4.78, 5) is 33.1. The van der Waals surface area contributed by atoms with Gasteiger partial charge in [0.2, 0.25) is 11.3 Å². The second-order valence-electron chi connectivity index (χ2n) is 6.15. The zero-order valence-corrected chi connectivity index (χ0v) is 17.5. The Kier molecular flexibility index (Phi) is 7.45. The van der Waals surface area contributed by atoms with Gasteiger partial charge in [-0.1, -0.05) is 11.8 Å². The SMILES string of the molecule is CCOc1ccc(NC(=O)Cn2cc(OC)c(=O)cc2CSc2ncccn2)cc1. The fraction of sp³-hybridized carbons (Fsp3) is 0.238. The van der Waals surface area contributed by atoms with Crippen LogP contribution in [-0.4, -0.2) is 34.2 Å². The fourth-order valence-corrected chi connectivity index (χ4v) is 3.47. The van der Waals surface area contributed by atoms with Crippen LogP contribution < -0.4 is 20.2 Å². The van der Waals surface area contributed by atoms with Crippen molar-refractivity contribution in [3.8, 4) is 11.5 Å². The van der Waals surface area contributed by atoms with Crippen LogP contribution in [0.3, 0.4) is 0 Å². The largest absolute Gasteiger partial charge is 0.494 e. The van der Waals surface area contributed by atoms with Gasteiger partial charge in [-0.25, -0.2) is 9.97 Å². The van der Waals surface area contributed by atoms with Crippen molar-refractivity contribution in [2.45, 2.75) is 24.4 Å². The van der Waals surface area contributed by atoms with E-state index in [2.05, 4.69) is 15.3 Å². The van der Waals surface area contributed by atoms with Gasteiger partial charge in [-0.2, -0.15) is 0 Å². The van der Waals surface area contributed by atoms with E-state index in [9.17, 15) is 9.59 Å². The van der Waals surface area contributed by atoms with E-state index < -0.39 is 0 Å². The summed E-state index contributed by atoms with van der Waals surface area (Å²) in [6.45, 7) is 2.51. The van der Waals surface area contributed by atoms with E-state index in [1.807, 2.05) is 6.92 Å². The lowest BCUT2D eigenvalue weighted by Gasteiger charge is -2.15. The van der Waals surface area contributed by atoms with Crippen LogP contribution >= 0.6 is 11.8 Å². The summed E-state index contributed by atoms with van der Waals surface area (Å²) in [5.74, 6) is 1.11. The molecule has 0 fully saturated rings. The first-order chi connectivity index (χ1) is 14.6. The number of carbonyl (C=O) groups is 1. The third kappa shape index (κ3) is 5.84. The molecule has 9 heteroatoms. The van der Waals surface area contributed by atoms with E-state index in [1.165, 1.54) is 24.9 Å². The first-order valence-corrected chi connectivity index (χ1v) is 10.3. The molecule has 3 rings (SSSR count). The summed E-state index contributed by atoms with van der Waals surface area (Å²) < 4.78 is 12.2. The molecule has 2 aromatic heterocycles. The molecule has 0 unspecified atom stereocenters. The van der Waals surface area contributed by atoms with Crippen molar-refractivity contribution in [3.05, 3.63) is 70.9 Å². The van der Waals surface area contributed by atoms with E-state index in [4.69, 9.17) is 9.47 Å². The molecule has 0 saturated heterocycles. The number of hydrogen-bond donors (Lipinski definition) is 1. The molecule has 0 aliphatic heterocycles. The predicted molar refractivity (Wildman–Crippen MR) is 115 cm³/mol. The minimum Gasteiger partial charge on any atom is -0.494 e. The van der Waals surface area contributed by atoms with E-state index in [0.29, 0.717) is 28.9 Å². The monoisotopic (exact) mass is 426 g/mol. The standard InChI is InChI=1S/C21H22N4O4S/c1-3-29-17-7-5-15(6-8-17)24-20(27)13-25-12-19(28-2)18(26)11-16(25)14-30-21-22-9-4-10-23-21/h4-12H,3,13-14H2,1-2H3,(H,24,27). The third-order valence-corrected chi connectivity index (χ3v) is 4.97. The molecule has 0 aliphatic carbocycles. The number of rotatable bonds is 9. The van der Waals surface area contributed by atoms with Gasteiger partial charge in [0.25, 0.3) is 0 Å². The normalized spacial score (nSPS) is 10.5. The maximum absolute atomic E-state index is 12.6. The van der Waals surface area contributed by atoms with Crippen LogP contribution in [0.1, 0.15) is 12.6 Å². The van der Waals surface area contributed by atoms with Crippen molar-refractivity contribution in [2.24, 2.45) is 0 Å². The molecule has 0 bridgehead atoms. The highest BCUT2D eigenvalue weighted by atomic mass is 32.2. The van der Waals surface area contributed by atoms with Gasteiger partial charge in [-0.05, 0) is 37.3 Å². The molecule has 3 aromatic rings. The minimum atomic E-state index is -0.245. The summed E-state index contributed by atoms with van der Waals surface area (Å²) >= 11 is 1.38. The van der Waals surface area contributed by atoms with Gasteiger partial charge in [0.1, 0.15) is 12.3 Å². The van der Waals surface area contributed by atoms with Gasteiger partial charge in [-0.3, -0.25) is 9.59 Å². The molecule has 2 heterocycles. The van der Waals surface area contributed by atoms with Gasteiger partial charge in [0.05, 0.1) is 19.9 Å². The summed E-state index contributed by atoms with van der Waals surface area (Å²) in [6, 6.07) is 10.3. The average Bonchev–Trinajstić information content (AvgIpc) is 2.76. The van der Waals surface area contributed by atoms with E-state index in [0.717, 1.165) is 5.75 Å². The maximum Gasteiger partial charge on any atom is 0.244 e. The first-order valence-electron chi connectivity index (χ1n) is 9.29. The lowest BCUT2D eigenvalue weighted by atomic mass is 10.3. The smallest absolute Gasteiger partial charge is 0.244 e. The summed E-state index contributed by atoms with van der Waals surface area (Å²) in [6.07, 6.45) is 4.85. The summed E-state index contributed by atoms with van der Waals surface area (Å²) in [5.41, 5.74) is 1.08. The molecular formula is C21H22N4O4S. The van der Waals surface area contributed by atoms with Crippen molar-refractivity contribution in [1.29, 1.82) is 0 Å². The Bertz CT molecular complexity index is 1040. The third-order valence-electron chi connectivity index (χ3n) is 4.06. The fourth-order valence-electron chi connectivity index (χ4n) is 2.67. The second kappa shape index (κ2) is 10.4. The number of carbonyl (C=O) groups excluding carboxylic acids is 1. The number of aromatic nitrogens is 3. The van der Waals surface area contributed by atoms with Crippen molar-refractivity contribution < 1.29 is 14.3 Å². The summed E-state index contributed by atoms with van der Waals surface area (Å²) in [5, 5.41) is 3.44. The number of thioether (sulfide) groups is 1. The van der Waals surface area contributed by atoms with Crippen molar-refractivity contribution >= 4 is 23.4 Å². The van der Waals surface area contributed by atoms with Crippen molar-refractivity contribution in [3.63, 3.8) is 0 Å². The second-order valence-corrected chi connectivity index (χ2v) is 7.09. The molecule has 0 spiro atoms. The molecule has 0 saturated carbocycles. The highest BCUT2D eigenvalue weighted by molar-refractivity contribution is 7.98. The highest BCUT2D eigenvalue weighted by Gasteiger charge is 2.12. The van der Waals surface area contributed by atoms with E-state index >= 15 is 0 Å². The Morgan fingerprint density at radius 1 is 1.20 bits per heavy atom. The molecular weight excluding hydrogens is 404 g/mol. The number of anilines is 1. The van der Waals surface area contributed by atoms with E-state index in [-0.39, 0.29) is 23.6 Å². The number of ether oxygens (including phenoxy) is 2. The molecule has 8 nitrogen and oxygen atoms in total. The molecule has 30 heavy (non-hydrogen) atoms. The van der Waals surface area contributed by atoms with Crippen LogP contribution in [0.15, 0.2) is 64.9 Å². The number of hydrogen-bond acceptors (Lipinski definition) is 7. The van der Waals surface area contributed by atoms with Crippen LogP contribution in [0.2, 0.25) is 0 Å². The molecule has 1 N–H and O–H groups in total. The van der Waals surface area contributed by atoms with Gasteiger partial charge in [0.15, 0.2) is 10.9 Å². The molecule has 1 aromatic carbocycles. The predicted octanol–water partition coefficient (Wildman–Crippen LogP) is 2.98. The number of nitrogens with zero attached hydrogens (tertiary/aromatic N) is 3. The van der Waals surface area contributed by atoms with Crippen LogP contribution in [0, 0.1) is 0 Å². The quantitative estimate of drug-likeness (QED) is 0.415. The molecule has 156 valence electrons. The van der Waals surface area contributed by atoms with E-state index in [1.54, 1.807) is 53.5 Å². The van der Waals surface area contributed by atoms with Gasteiger partial charge >= 0.3 is 0 Å². The zero-order valence-electron chi connectivity index (χ0n) is 16.7. The maximum atomic E-state index is 12.6. The van der Waals surface area contributed by atoms with Crippen LogP contribution in [0.5, 0.6) is 11.5 Å². The number of amides is 1. The van der Waals surface area contributed by atoms with Crippen LogP contribution in [-0.2, 0) is 17.1 Å². The van der Waals surface area contributed by atoms with Gasteiger partial charge < -0.3 is 19.4 Å². The minimum absolute atomic E-state index is 0.0232. The van der Waals surface area contributed by atoms with Gasteiger partial charge in [-0.15, -0.1) is 0 Å². The average molecular weight is 426 g/mol. The topological polar surface area (TPSA) is 95.3 Å². The Balaban J connectivity index is 1.73. The van der Waals surface area contributed by atoms with Crippen molar-refractivity contribution in [1.82, 2.24) is 14.5 Å². The molecule has 0 aliphatic rings. The molecule has 0 radical (unpaired) electrons.